The van der Waals surface area contributed by atoms with Crippen molar-refractivity contribution in [2.45, 2.75) is 6.92 Å². The minimum atomic E-state index is -0.353. The summed E-state index contributed by atoms with van der Waals surface area (Å²) in [6.07, 6.45) is 0. The molecule has 1 aromatic heterocycles. The van der Waals surface area contributed by atoms with Gasteiger partial charge in [0.15, 0.2) is 0 Å². The van der Waals surface area contributed by atoms with Gasteiger partial charge in [-0.3, -0.25) is 4.79 Å². The molecule has 0 spiro atoms. The van der Waals surface area contributed by atoms with E-state index in [4.69, 9.17) is 21.1 Å². The lowest BCUT2D eigenvalue weighted by molar-refractivity contribution is 0.102. The number of carbonyl (C=O) groups is 1. The molecule has 0 fully saturated rings. The quantitative estimate of drug-likeness (QED) is 0.638. The molecule has 2 aromatic carbocycles. The third-order valence-corrected chi connectivity index (χ3v) is 4.09. The number of halogens is 1. The van der Waals surface area contributed by atoms with Crippen LogP contribution in [0.3, 0.4) is 0 Å². The van der Waals surface area contributed by atoms with E-state index in [1.54, 1.807) is 69.7 Å². The van der Waals surface area contributed by atoms with Crippen molar-refractivity contribution in [3.63, 3.8) is 0 Å². The fourth-order valence-electron chi connectivity index (χ4n) is 2.53. The largest absolute Gasteiger partial charge is 0.497 e. The number of methoxy groups -OCH3 is 2. The van der Waals surface area contributed by atoms with E-state index in [1.807, 2.05) is 0 Å². The Morgan fingerprint density at radius 3 is 2.43 bits per heavy atom. The number of amides is 1. The van der Waals surface area contributed by atoms with Gasteiger partial charge in [-0.15, -0.1) is 0 Å². The minimum absolute atomic E-state index is 0.229. The molecule has 0 saturated carbocycles. The van der Waals surface area contributed by atoms with Crippen molar-refractivity contribution in [2.24, 2.45) is 0 Å². The average molecular weight is 399 g/mol. The Bertz CT molecular complexity index is 993. The molecule has 7 nitrogen and oxygen atoms in total. The van der Waals surface area contributed by atoms with Crippen molar-refractivity contribution in [2.75, 3.05) is 24.9 Å². The third kappa shape index (κ3) is 4.69. The van der Waals surface area contributed by atoms with Gasteiger partial charge < -0.3 is 20.1 Å². The van der Waals surface area contributed by atoms with Gasteiger partial charge >= 0.3 is 0 Å². The van der Waals surface area contributed by atoms with Crippen molar-refractivity contribution in [1.82, 2.24) is 9.97 Å². The fraction of sp³-hybridized carbons (Fsp3) is 0.150. The lowest BCUT2D eigenvalue weighted by atomic mass is 10.2. The molecule has 0 unspecified atom stereocenters. The minimum Gasteiger partial charge on any atom is -0.497 e. The highest BCUT2D eigenvalue weighted by Gasteiger charge is 2.13. The summed E-state index contributed by atoms with van der Waals surface area (Å²) in [6, 6.07) is 13.8. The first-order chi connectivity index (χ1) is 13.5. The molecular formula is C20H19ClN4O3. The lowest BCUT2D eigenvalue weighted by Crippen LogP contribution is -2.15. The van der Waals surface area contributed by atoms with Gasteiger partial charge in [0.2, 0.25) is 0 Å². The second-order valence-electron chi connectivity index (χ2n) is 5.84. The lowest BCUT2D eigenvalue weighted by Gasteiger charge is -2.13. The van der Waals surface area contributed by atoms with Crippen LogP contribution in [-0.4, -0.2) is 30.1 Å². The van der Waals surface area contributed by atoms with E-state index in [1.165, 1.54) is 0 Å². The van der Waals surface area contributed by atoms with Crippen LogP contribution < -0.4 is 20.1 Å². The predicted molar refractivity (Wildman–Crippen MR) is 109 cm³/mol. The standard InChI is InChI=1S/C20H19ClN4O3/c1-12-22-17(20(26)24-14-6-4-13(21)5-7-14)11-19(23-12)25-16-10-15(27-2)8-9-18(16)28-3/h4-11H,1-3H3,(H,24,26)(H,22,23,25). The molecule has 0 saturated heterocycles. The van der Waals surface area contributed by atoms with Crippen molar-refractivity contribution < 1.29 is 14.3 Å². The molecule has 0 aliphatic rings. The Labute approximate surface area is 167 Å². The molecule has 8 heteroatoms. The number of nitrogens with zero attached hydrogens (tertiary/aromatic N) is 2. The molecule has 1 amide bonds. The van der Waals surface area contributed by atoms with Gasteiger partial charge in [0.05, 0.1) is 19.9 Å². The van der Waals surface area contributed by atoms with E-state index < -0.39 is 0 Å². The highest BCUT2D eigenvalue weighted by Crippen LogP contribution is 2.31. The Kier molecular flexibility index (Phi) is 5.96. The topological polar surface area (TPSA) is 85.4 Å². The zero-order valence-corrected chi connectivity index (χ0v) is 16.4. The van der Waals surface area contributed by atoms with Gasteiger partial charge in [-0.25, -0.2) is 9.97 Å². The zero-order valence-electron chi connectivity index (χ0n) is 15.6. The number of benzene rings is 2. The molecule has 0 aliphatic heterocycles. The summed E-state index contributed by atoms with van der Waals surface area (Å²) in [5.41, 5.74) is 1.51. The molecule has 0 radical (unpaired) electrons. The van der Waals surface area contributed by atoms with Crippen LogP contribution in [0.1, 0.15) is 16.3 Å². The highest BCUT2D eigenvalue weighted by molar-refractivity contribution is 6.30. The van der Waals surface area contributed by atoms with Gasteiger partial charge in [-0.05, 0) is 43.3 Å². The second kappa shape index (κ2) is 8.58. The second-order valence-corrected chi connectivity index (χ2v) is 6.27. The Morgan fingerprint density at radius 2 is 1.75 bits per heavy atom. The van der Waals surface area contributed by atoms with Crippen LogP contribution >= 0.6 is 11.6 Å². The maximum Gasteiger partial charge on any atom is 0.274 e. The van der Waals surface area contributed by atoms with Crippen LogP contribution in [0, 0.1) is 6.92 Å². The van der Waals surface area contributed by atoms with Gasteiger partial charge in [0.1, 0.15) is 28.8 Å². The summed E-state index contributed by atoms with van der Waals surface area (Å²) < 4.78 is 10.6. The molecule has 28 heavy (non-hydrogen) atoms. The number of anilines is 3. The Morgan fingerprint density at radius 1 is 1.00 bits per heavy atom. The van der Waals surface area contributed by atoms with E-state index in [9.17, 15) is 4.79 Å². The SMILES string of the molecule is COc1ccc(OC)c(Nc2cc(C(=O)Nc3ccc(Cl)cc3)nc(C)n2)c1. The number of hydrogen-bond donors (Lipinski definition) is 2. The van der Waals surface area contributed by atoms with Gasteiger partial charge in [-0.1, -0.05) is 11.6 Å². The molecule has 0 aliphatic carbocycles. The zero-order chi connectivity index (χ0) is 20.1. The molecule has 3 aromatic rings. The van der Waals surface area contributed by atoms with Crippen LogP contribution in [0.2, 0.25) is 5.02 Å². The van der Waals surface area contributed by atoms with Crippen molar-refractivity contribution >= 4 is 34.7 Å². The summed E-state index contributed by atoms with van der Waals surface area (Å²) in [7, 11) is 3.16. The monoisotopic (exact) mass is 398 g/mol. The van der Waals surface area contributed by atoms with E-state index in [0.717, 1.165) is 0 Å². The van der Waals surface area contributed by atoms with E-state index in [-0.39, 0.29) is 11.6 Å². The first-order valence-corrected chi connectivity index (χ1v) is 8.78. The van der Waals surface area contributed by atoms with Crippen LogP contribution in [0.15, 0.2) is 48.5 Å². The van der Waals surface area contributed by atoms with Crippen LogP contribution in [0.4, 0.5) is 17.2 Å². The maximum atomic E-state index is 12.6. The smallest absolute Gasteiger partial charge is 0.274 e. The van der Waals surface area contributed by atoms with E-state index in [0.29, 0.717) is 39.5 Å². The summed E-state index contributed by atoms with van der Waals surface area (Å²) >= 11 is 5.87. The summed E-state index contributed by atoms with van der Waals surface area (Å²) in [6.45, 7) is 1.72. The first-order valence-electron chi connectivity index (χ1n) is 8.40. The van der Waals surface area contributed by atoms with Gasteiger partial charge in [0.25, 0.3) is 5.91 Å². The van der Waals surface area contributed by atoms with Crippen LogP contribution in [-0.2, 0) is 0 Å². The number of aryl methyl sites for hydroxylation is 1. The van der Waals surface area contributed by atoms with E-state index >= 15 is 0 Å². The molecule has 2 N–H and O–H groups in total. The van der Waals surface area contributed by atoms with Crippen LogP contribution in [0.25, 0.3) is 0 Å². The number of hydrogen-bond acceptors (Lipinski definition) is 6. The molecule has 0 bridgehead atoms. The number of ether oxygens (including phenoxy) is 2. The third-order valence-electron chi connectivity index (χ3n) is 3.84. The van der Waals surface area contributed by atoms with Crippen molar-refractivity contribution in [3.8, 4) is 11.5 Å². The Balaban J connectivity index is 1.85. The number of rotatable bonds is 6. The summed E-state index contributed by atoms with van der Waals surface area (Å²) in [4.78, 5) is 21.1. The fourth-order valence-corrected chi connectivity index (χ4v) is 2.65. The molecule has 0 atom stereocenters. The molecule has 144 valence electrons. The van der Waals surface area contributed by atoms with E-state index in [2.05, 4.69) is 20.6 Å². The highest BCUT2D eigenvalue weighted by atomic mass is 35.5. The predicted octanol–water partition coefficient (Wildman–Crippen LogP) is 4.45. The van der Waals surface area contributed by atoms with Crippen molar-refractivity contribution in [3.05, 3.63) is 65.1 Å². The maximum absolute atomic E-state index is 12.6. The number of aromatic nitrogens is 2. The molecule has 3 rings (SSSR count). The number of nitrogens with one attached hydrogen (secondary N) is 2. The summed E-state index contributed by atoms with van der Waals surface area (Å²) in [5, 5.41) is 6.53. The van der Waals surface area contributed by atoms with Crippen molar-refractivity contribution in [1.29, 1.82) is 0 Å². The molecule has 1 heterocycles. The first kappa shape index (κ1) is 19.4. The Hall–Kier alpha value is -3.32. The average Bonchev–Trinajstić information content (AvgIpc) is 2.69. The summed E-state index contributed by atoms with van der Waals surface area (Å²) in [5.74, 6) is 1.83. The van der Waals surface area contributed by atoms with Gasteiger partial charge in [0, 0.05) is 22.8 Å². The number of carbonyl (C=O) groups excluding carboxylic acids is 1. The van der Waals surface area contributed by atoms with Gasteiger partial charge in [-0.2, -0.15) is 0 Å². The van der Waals surface area contributed by atoms with Crippen LogP contribution in [0.5, 0.6) is 11.5 Å². The molecular weight excluding hydrogens is 380 g/mol. The normalized spacial score (nSPS) is 10.3.